The van der Waals surface area contributed by atoms with Crippen LogP contribution in [0.2, 0.25) is 0 Å². The molecular formula is C16H24N2O5S3. The monoisotopic (exact) mass is 420 g/mol. The molecule has 1 N–H and O–H groups in total. The molecule has 1 aromatic carbocycles. The van der Waals surface area contributed by atoms with Crippen molar-refractivity contribution in [1.29, 1.82) is 0 Å². The van der Waals surface area contributed by atoms with Crippen LogP contribution in [-0.4, -0.2) is 57.5 Å². The predicted molar refractivity (Wildman–Crippen MR) is 102 cm³/mol. The third-order valence-electron chi connectivity index (χ3n) is 4.00. The molecule has 1 amide bonds. The number of hydrogen-bond acceptors (Lipinski definition) is 6. The van der Waals surface area contributed by atoms with E-state index < -0.39 is 25.9 Å². The summed E-state index contributed by atoms with van der Waals surface area (Å²) >= 11 is 1.36. The normalized spacial score (nSPS) is 19.0. The number of carbonyl (C=O) groups is 1. The van der Waals surface area contributed by atoms with Crippen molar-refractivity contribution >= 4 is 37.5 Å². The average molecular weight is 421 g/mol. The Bertz CT molecular complexity index is 894. The van der Waals surface area contributed by atoms with Gasteiger partial charge in [-0.1, -0.05) is 19.9 Å². The van der Waals surface area contributed by atoms with Crippen molar-refractivity contribution in [1.82, 2.24) is 9.62 Å². The van der Waals surface area contributed by atoms with Gasteiger partial charge in [-0.3, -0.25) is 4.79 Å². The fraction of sp³-hybridized carbons (Fsp3) is 0.562. The van der Waals surface area contributed by atoms with Crippen LogP contribution < -0.4 is 5.32 Å². The third-order valence-corrected chi connectivity index (χ3v) is 8.29. The topological polar surface area (TPSA) is 101 Å². The Labute approximate surface area is 159 Å². The molecule has 0 bridgehead atoms. The van der Waals surface area contributed by atoms with E-state index in [1.165, 1.54) is 30.0 Å². The van der Waals surface area contributed by atoms with Crippen LogP contribution in [0.5, 0.6) is 0 Å². The molecule has 1 atom stereocenters. The zero-order chi connectivity index (χ0) is 19.7. The lowest BCUT2D eigenvalue weighted by atomic mass is 10.2. The number of aryl methyl sites for hydroxylation is 1. The first-order valence-electron chi connectivity index (χ1n) is 8.12. The molecule has 0 radical (unpaired) electrons. The van der Waals surface area contributed by atoms with Crippen molar-refractivity contribution in [3.05, 3.63) is 23.8 Å². The fourth-order valence-corrected chi connectivity index (χ4v) is 6.63. The number of rotatable bonds is 6. The first kappa shape index (κ1) is 21.2. The molecule has 7 nitrogen and oxygen atoms in total. The van der Waals surface area contributed by atoms with E-state index in [4.69, 9.17) is 0 Å². The van der Waals surface area contributed by atoms with Crippen LogP contribution in [0.1, 0.15) is 19.4 Å². The van der Waals surface area contributed by atoms with Crippen LogP contribution in [0, 0.1) is 12.8 Å². The molecule has 1 aromatic rings. The Balaban J connectivity index is 2.39. The van der Waals surface area contributed by atoms with E-state index in [2.05, 4.69) is 5.32 Å². The highest BCUT2D eigenvalue weighted by atomic mass is 32.2. The van der Waals surface area contributed by atoms with E-state index in [1.807, 2.05) is 13.8 Å². The van der Waals surface area contributed by atoms with Gasteiger partial charge in [0.15, 0.2) is 9.84 Å². The van der Waals surface area contributed by atoms with Crippen LogP contribution in [0.4, 0.5) is 0 Å². The molecule has 146 valence electrons. The van der Waals surface area contributed by atoms with Gasteiger partial charge in [-0.15, -0.1) is 11.8 Å². The zero-order valence-electron chi connectivity index (χ0n) is 15.2. The number of nitrogens with zero attached hydrogens (tertiary/aromatic N) is 1. The Morgan fingerprint density at radius 1 is 1.31 bits per heavy atom. The number of thioether (sulfide) groups is 1. The third kappa shape index (κ3) is 4.59. The van der Waals surface area contributed by atoms with Gasteiger partial charge in [0.1, 0.15) is 6.04 Å². The van der Waals surface area contributed by atoms with Crippen molar-refractivity contribution in [3.8, 4) is 0 Å². The van der Waals surface area contributed by atoms with Gasteiger partial charge < -0.3 is 5.32 Å². The summed E-state index contributed by atoms with van der Waals surface area (Å²) in [5.41, 5.74) is 0.440. The quantitative estimate of drug-likeness (QED) is 0.743. The molecule has 1 saturated heterocycles. The highest BCUT2D eigenvalue weighted by Crippen LogP contribution is 2.31. The first-order valence-corrected chi connectivity index (χ1v) is 12.6. The van der Waals surface area contributed by atoms with E-state index in [9.17, 15) is 21.6 Å². The van der Waals surface area contributed by atoms with Crippen LogP contribution in [0.25, 0.3) is 0 Å². The number of sulfonamides is 1. The first-order chi connectivity index (χ1) is 11.9. The van der Waals surface area contributed by atoms with Gasteiger partial charge in [-0.25, -0.2) is 16.8 Å². The minimum Gasteiger partial charge on any atom is -0.354 e. The Kier molecular flexibility index (Phi) is 6.42. The summed E-state index contributed by atoms with van der Waals surface area (Å²) in [6.45, 7) is 5.99. The minimum absolute atomic E-state index is 0.0608. The van der Waals surface area contributed by atoms with Crippen molar-refractivity contribution in [3.63, 3.8) is 0 Å². The molecule has 0 spiro atoms. The number of sulfone groups is 1. The van der Waals surface area contributed by atoms with E-state index >= 15 is 0 Å². The number of carbonyl (C=O) groups excluding carboxylic acids is 1. The van der Waals surface area contributed by atoms with Crippen LogP contribution in [0.3, 0.4) is 0 Å². The Morgan fingerprint density at radius 2 is 1.96 bits per heavy atom. The molecule has 0 aliphatic carbocycles. The Hall–Kier alpha value is -1.10. The smallest absolute Gasteiger partial charge is 0.244 e. The Morgan fingerprint density at radius 3 is 2.54 bits per heavy atom. The number of amides is 1. The molecule has 1 fully saturated rings. The summed E-state index contributed by atoms with van der Waals surface area (Å²) in [6.07, 6.45) is 1.03. The molecule has 1 heterocycles. The van der Waals surface area contributed by atoms with Gasteiger partial charge in [0.2, 0.25) is 15.9 Å². The maximum absolute atomic E-state index is 13.1. The van der Waals surface area contributed by atoms with Crippen LogP contribution in [-0.2, 0) is 24.7 Å². The van der Waals surface area contributed by atoms with Gasteiger partial charge in [0, 0.05) is 18.6 Å². The zero-order valence-corrected chi connectivity index (χ0v) is 17.7. The van der Waals surface area contributed by atoms with Gasteiger partial charge in [0.05, 0.1) is 15.7 Å². The number of benzene rings is 1. The van der Waals surface area contributed by atoms with Gasteiger partial charge in [0.25, 0.3) is 0 Å². The van der Waals surface area contributed by atoms with Crippen molar-refractivity contribution in [2.75, 3.05) is 24.4 Å². The van der Waals surface area contributed by atoms with E-state index in [1.54, 1.807) is 6.92 Å². The lowest BCUT2D eigenvalue weighted by Gasteiger charge is -2.24. The molecule has 0 saturated carbocycles. The molecule has 0 aromatic heterocycles. The number of nitrogens with one attached hydrogen (secondary N) is 1. The highest BCUT2D eigenvalue weighted by molar-refractivity contribution is 8.00. The molecule has 2 rings (SSSR count). The van der Waals surface area contributed by atoms with Crippen LogP contribution >= 0.6 is 11.8 Å². The second kappa shape index (κ2) is 7.87. The van der Waals surface area contributed by atoms with E-state index in [-0.39, 0.29) is 27.5 Å². The molecule has 1 aliphatic rings. The molecule has 10 heteroatoms. The average Bonchev–Trinajstić information content (AvgIpc) is 3.02. The van der Waals surface area contributed by atoms with Gasteiger partial charge in [-0.2, -0.15) is 4.31 Å². The standard InChI is InChI=1S/C16H24N2O5S3/c1-11(2)8-17-16(19)14-9-24-10-18(14)26(22,23)15-7-13(25(4,20)21)6-5-12(15)3/h5-7,11,14H,8-10H2,1-4H3,(H,17,19). The van der Waals surface area contributed by atoms with Crippen LogP contribution in [0.15, 0.2) is 28.0 Å². The predicted octanol–water partition coefficient (Wildman–Crippen LogP) is 1.23. The summed E-state index contributed by atoms with van der Waals surface area (Å²) in [5.74, 6) is 0.453. The maximum atomic E-state index is 13.1. The lowest BCUT2D eigenvalue weighted by molar-refractivity contribution is -0.123. The van der Waals surface area contributed by atoms with Crippen molar-refractivity contribution in [2.24, 2.45) is 5.92 Å². The molecular weight excluding hydrogens is 396 g/mol. The SMILES string of the molecule is Cc1ccc(S(C)(=O)=O)cc1S(=O)(=O)N1CSCC1C(=O)NCC(C)C. The minimum atomic E-state index is -4.00. The molecule has 1 aliphatic heterocycles. The van der Waals surface area contributed by atoms with E-state index in [0.29, 0.717) is 17.9 Å². The second-order valence-electron chi connectivity index (χ2n) is 6.75. The summed E-state index contributed by atoms with van der Waals surface area (Å²) < 4.78 is 51.0. The highest BCUT2D eigenvalue weighted by Gasteiger charge is 2.40. The molecule has 1 unspecified atom stereocenters. The van der Waals surface area contributed by atoms with Gasteiger partial charge in [-0.05, 0) is 30.5 Å². The largest absolute Gasteiger partial charge is 0.354 e. The summed E-state index contributed by atoms with van der Waals surface area (Å²) in [5, 5.41) is 2.77. The summed E-state index contributed by atoms with van der Waals surface area (Å²) in [4.78, 5) is 12.3. The summed E-state index contributed by atoms with van der Waals surface area (Å²) in [6, 6.07) is 3.23. The fourth-order valence-electron chi connectivity index (χ4n) is 2.51. The van der Waals surface area contributed by atoms with Crippen molar-refractivity contribution in [2.45, 2.75) is 36.6 Å². The van der Waals surface area contributed by atoms with Gasteiger partial charge >= 0.3 is 0 Å². The second-order valence-corrected chi connectivity index (χ2v) is 11.6. The lowest BCUT2D eigenvalue weighted by Crippen LogP contribution is -2.48. The summed E-state index contributed by atoms with van der Waals surface area (Å²) in [7, 11) is -7.54. The number of hydrogen-bond donors (Lipinski definition) is 1. The van der Waals surface area contributed by atoms with Crippen molar-refractivity contribution < 1.29 is 21.6 Å². The van der Waals surface area contributed by atoms with E-state index in [0.717, 1.165) is 10.6 Å². The molecule has 26 heavy (non-hydrogen) atoms. The maximum Gasteiger partial charge on any atom is 0.244 e.